The van der Waals surface area contributed by atoms with Gasteiger partial charge in [0.2, 0.25) is 0 Å². The van der Waals surface area contributed by atoms with E-state index < -0.39 is 0 Å². The normalized spacial score (nSPS) is 23.8. The van der Waals surface area contributed by atoms with Crippen molar-refractivity contribution in [1.82, 2.24) is 15.5 Å². The zero-order chi connectivity index (χ0) is 22.3. The van der Waals surface area contributed by atoms with E-state index in [9.17, 15) is 4.39 Å². The molecule has 6 nitrogen and oxygen atoms in total. The lowest BCUT2D eigenvalue weighted by molar-refractivity contribution is -0.0835. The van der Waals surface area contributed by atoms with Crippen LogP contribution < -0.4 is 10.6 Å². The van der Waals surface area contributed by atoms with Gasteiger partial charge in [-0.05, 0) is 36.0 Å². The molecule has 2 aliphatic rings. The summed E-state index contributed by atoms with van der Waals surface area (Å²) in [5.74, 6) is 1.02. The molecule has 0 radical (unpaired) electrons. The van der Waals surface area contributed by atoms with Crippen molar-refractivity contribution in [2.75, 3.05) is 53.0 Å². The van der Waals surface area contributed by atoms with Crippen molar-refractivity contribution in [3.05, 3.63) is 35.6 Å². The van der Waals surface area contributed by atoms with Crippen LogP contribution in [0.1, 0.15) is 45.2 Å². The van der Waals surface area contributed by atoms with E-state index in [2.05, 4.69) is 41.3 Å². The van der Waals surface area contributed by atoms with Crippen molar-refractivity contribution in [2.24, 2.45) is 16.3 Å². The Morgan fingerprint density at radius 1 is 1.22 bits per heavy atom. The molecule has 0 saturated carbocycles. The van der Waals surface area contributed by atoms with Crippen LogP contribution in [0.2, 0.25) is 0 Å². The first-order valence-electron chi connectivity index (χ1n) is 11.5. The Balaban J connectivity index is 0.00000363. The summed E-state index contributed by atoms with van der Waals surface area (Å²) in [7, 11) is 1.79. The number of hydrogen-bond acceptors (Lipinski definition) is 4. The van der Waals surface area contributed by atoms with E-state index in [1.807, 2.05) is 6.07 Å². The number of nitrogens with one attached hydrogen (secondary N) is 2. The topological polar surface area (TPSA) is 58.1 Å². The van der Waals surface area contributed by atoms with E-state index >= 15 is 0 Å². The van der Waals surface area contributed by atoms with Gasteiger partial charge in [0.25, 0.3) is 0 Å². The standard InChI is InChI=1S/C24H39FN4O2.HI/c1-24(2,3)22-19(8-6-12-31-22)16-27-23(26-4)28-17-21(29-10-13-30-14-11-29)18-7-5-9-20(25)15-18;/h5,7,9,15,19,21-22H,6,8,10-14,16-17H2,1-4H3,(H2,26,27,28);1H. The fourth-order valence-electron chi connectivity index (χ4n) is 4.71. The minimum Gasteiger partial charge on any atom is -0.379 e. The van der Waals surface area contributed by atoms with Crippen molar-refractivity contribution in [1.29, 1.82) is 0 Å². The molecule has 2 N–H and O–H groups in total. The highest BCUT2D eigenvalue weighted by atomic mass is 127. The molecular formula is C24H40FIN4O2. The fraction of sp³-hybridized carbons (Fsp3) is 0.708. The van der Waals surface area contributed by atoms with Gasteiger partial charge in [-0.2, -0.15) is 0 Å². The van der Waals surface area contributed by atoms with Crippen LogP contribution in [0, 0.1) is 17.2 Å². The van der Waals surface area contributed by atoms with E-state index in [1.54, 1.807) is 19.2 Å². The number of guanidine groups is 1. The van der Waals surface area contributed by atoms with Gasteiger partial charge < -0.3 is 20.1 Å². The molecule has 2 aliphatic heterocycles. The third kappa shape index (κ3) is 7.81. The second-order valence-electron chi connectivity index (χ2n) is 9.61. The predicted molar refractivity (Wildman–Crippen MR) is 138 cm³/mol. The Morgan fingerprint density at radius 3 is 2.62 bits per heavy atom. The molecule has 1 aromatic rings. The molecule has 0 aromatic heterocycles. The lowest BCUT2D eigenvalue weighted by Crippen LogP contribution is -2.49. The van der Waals surface area contributed by atoms with Crippen LogP contribution in [0.15, 0.2) is 29.3 Å². The van der Waals surface area contributed by atoms with Gasteiger partial charge in [-0.1, -0.05) is 32.9 Å². The summed E-state index contributed by atoms with van der Waals surface area (Å²) in [5.41, 5.74) is 1.08. The lowest BCUT2D eigenvalue weighted by atomic mass is 9.78. The number of nitrogens with zero attached hydrogens (tertiary/aromatic N) is 2. The van der Waals surface area contributed by atoms with Crippen molar-refractivity contribution < 1.29 is 13.9 Å². The largest absolute Gasteiger partial charge is 0.379 e. The molecule has 1 aromatic carbocycles. The monoisotopic (exact) mass is 562 g/mol. The maximum absolute atomic E-state index is 13.9. The van der Waals surface area contributed by atoms with Gasteiger partial charge in [-0.25, -0.2) is 4.39 Å². The van der Waals surface area contributed by atoms with E-state index in [-0.39, 0.29) is 47.4 Å². The Labute approximate surface area is 209 Å². The summed E-state index contributed by atoms with van der Waals surface area (Å²) < 4.78 is 25.5. The summed E-state index contributed by atoms with van der Waals surface area (Å²) in [6.07, 6.45) is 2.50. The van der Waals surface area contributed by atoms with Gasteiger partial charge in [-0.15, -0.1) is 24.0 Å². The molecular weight excluding hydrogens is 522 g/mol. The molecule has 32 heavy (non-hydrogen) atoms. The number of halogens is 2. The van der Waals surface area contributed by atoms with E-state index in [4.69, 9.17) is 9.47 Å². The molecule has 182 valence electrons. The quantitative estimate of drug-likeness (QED) is 0.314. The van der Waals surface area contributed by atoms with E-state index in [0.717, 1.165) is 50.6 Å². The highest BCUT2D eigenvalue weighted by Crippen LogP contribution is 2.33. The second-order valence-corrected chi connectivity index (χ2v) is 9.61. The van der Waals surface area contributed by atoms with Crippen molar-refractivity contribution >= 4 is 29.9 Å². The number of aliphatic imine (C=N–C) groups is 1. The van der Waals surface area contributed by atoms with Crippen LogP contribution in [0.5, 0.6) is 0 Å². The molecule has 0 amide bonds. The first-order valence-corrected chi connectivity index (χ1v) is 11.5. The Bertz CT molecular complexity index is 722. The van der Waals surface area contributed by atoms with Gasteiger partial charge in [0.05, 0.1) is 25.4 Å². The molecule has 0 bridgehead atoms. The summed E-state index contributed by atoms with van der Waals surface area (Å²) in [6.45, 7) is 12.1. The van der Waals surface area contributed by atoms with Crippen LogP contribution >= 0.6 is 24.0 Å². The molecule has 2 fully saturated rings. The lowest BCUT2D eigenvalue weighted by Gasteiger charge is -2.40. The Kier molecular flexibility index (Phi) is 11.1. The fourth-order valence-corrected chi connectivity index (χ4v) is 4.71. The number of morpholine rings is 1. The first-order chi connectivity index (χ1) is 14.9. The Morgan fingerprint density at radius 2 is 1.97 bits per heavy atom. The van der Waals surface area contributed by atoms with Gasteiger partial charge in [0.1, 0.15) is 5.82 Å². The average molecular weight is 563 g/mol. The van der Waals surface area contributed by atoms with Crippen LogP contribution in [-0.4, -0.2) is 70.0 Å². The summed E-state index contributed by atoms with van der Waals surface area (Å²) in [6, 6.07) is 6.95. The zero-order valence-corrected chi connectivity index (χ0v) is 22.2. The summed E-state index contributed by atoms with van der Waals surface area (Å²) >= 11 is 0. The maximum Gasteiger partial charge on any atom is 0.191 e. The first kappa shape index (κ1) is 27.3. The van der Waals surface area contributed by atoms with Crippen molar-refractivity contribution in [3.8, 4) is 0 Å². The van der Waals surface area contributed by atoms with Gasteiger partial charge in [0, 0.05) is 45.8 Å². The predicted octanol–water partition coefficient (Wildman–Crippen LogP) is 3.82. The van der Waals surface area contributed by atoms with E-state index in [1.165, 1.54) is 6.07 Å². The number of hydrogen-bond donors (Lipinski definition) is 2. The van der Waals surface area contributed by atoms with Crippen LogP contribution in [-0.2, 0) is 9.47 Å². The molecule has 0 aliphatic carbocycles. The van der Waals surface area contributed by atoms with Crippen LogP contribution in [0.3, 0.4) is 0 Å². The average Bonchev–Trinajstić information content (AvgIpc) is 2.76. The Hall–Kier alpha value is -0.970. The highest BCUT2D eigenvalue weighted by Gasteiger charge is 2.35. The SMILES string of the molecule is CN=C(NCC1CCCOC1C(C)(C)C)NCC(c1cccc(F)c1)N1CCOCC1.I. The van der Waals surface area contributed by atoms with Gasteiger partial charge in [0.15, 0.2) is 5.96 Å². The van der Waals surface area contributed by atoms with Gasteiger partial charge in [-0.3, -0.25) is 9.89 Å². The maximum atomic E-state index is 13.9. The van der Waals surface area contributed by atoms with Crippen LogP contribution in [0.4, 0.5) is 4.39 Å². The summed E-state index contributed by atoms with van der Waals surface area (Å²) in [5, 5.41) is 6.98. The molecule has 3 rings (SSSR count). The minimum atomic E-state index is -0.205. The third-order valence-corrected chi connectivity index (χ3v) is 6.24. The number of benzene rings is 1. The van der Waals surface area contributed by atoms with Crippen LogP contribution in [0.25, 0.3) is 0 Å². The molecule has 2 heterocycles. The molecule has 3 unspecified atom stereocenters. The highest BCUT2D eigenvalue weighted by molar-refractivity contribution is 14.0. The molecule has 8 heteroatoms. The number of ether oxygens (including phenoxy) is 2. The van der Waals surface area contributed by atoms with Crippen molar-refractivity contribution in [3.63, 3.8) is 0 Å². The second kappa shape index (κ2) is 13.1. The zero-order valence-electron chi connectivity index (χ0n) is 19.9. The number of rotatable bonds is 6. The summed E-state index contributed by atoms with van der Waals surface area (Å²) in [4.78, 5) is 6.77. The van der Waals surface area contributed by atoms with Gasteiger partial charge >= 0.3 is 0 Å². The van der Waals surface area contributed by atoms with Crippen molar-refractivity contribution in [2.45, 2.75) is 45.8 Å². The minimum absolute atomic E-state index is 0. The third-order valence-electron chi connectivity index (χ3n) is 6.24. The van der Waals surface area contributed by atoms with E-state index in [0.29, 0.717) is 25.7 Å². The molecule has 0 spiro atoms. The molecule has 2 saturated heterocycles. The smallest absolute Gasteiger partial charge is 0.191 e. The molecule has 3 atom stereocenters.